The van der Waals surface area contributed by atoms with Crippen LogP contribution in [0.1, 0.15) is 10.4 Å². The van der Waals surface area contributed by atoms with Crippen molar-refractivity contribution in [2.24, 2.45) is 5.73 Å². The van der Waals surface area contributed by atoms with Crippen LogP contribution in [0.15, 0.2) is 18.2 Å². The summed E-state index contributed by atoms with van der Waals surface area (Å²) in [6.45, 7) is -1.18. The minimum atomic E-state index is -1.24. The predicted molar refractivity (Wildman–Crippen MR) is 67.5 cm³/mol. The Morgan fingerprint density at radius 3 is 2.11 bits per heavy atom. The number of nitrogens with two attached hydrogens (primary N) is 1. The topological polar surface area (TPSA) is 121 Å². The van der Waals surface area contributed by atoms with E-state index >= 15 is 0 Å². The maximum Gasteiger partial charge on any atom is 0.323 e. The van der Waals surface area contributed by atoms with Crippen LogP contribution < -0.4 is 10.6 Å². The number of halogens is 1. The second kappa shape index (κ2) is 6.05. The fourth-order valence-corrected chi connectivity index (χ4v) is 1.84. The van der Waals surface area contributed by atoms with E-state index in [1.165, 1.54) is 18.2 Å². The number of nitrogens with zero attached hydrogens (tertiary/aromatic N) is 1. The molecule has 0 atom stereocenters. The SMILES string of the molecule is NC(=O)c1c(Cl)cccc1N(CC(=O)O)CC(=O)O. The molecule has 0 heterocycles. The molecule has 0 fully saturated rings. The minimum Gasteiger partial charge on any atom is -0.480 e. The van der Waals surface area contributed by atoms with Gasteiger partial charge in [-0.25, -0.2) is 0 Å². The lowest BCUT2D eigenvalue weighted by molar-refractivity contribution is -0.136. The average molecular weight is 287 g/mol. The number of carbonyl (C=O) groups excluding carboxylic acids is 1. The molecule has 0 spiro atoms. The Hall–Kier alpha value is -2.28. The van der Waals surface area contributed by atoms with Crippen molar-refractivity contribution in [3.8, 4) is 0 Å². The van der Waals surface area contributed by atoms with Crippen molar-refractivity contribution in [3.63, 3.8) is 0 Å². The highest BCUT2D eigenvalue weighted by atomic mass is 35.5. The van der Waals surface area contributed by atoms with Crippen LogP contribution in [0.5, 0.6) is 0 Å². The molecule has 0 saturated carbocycles. The molecular weight excluding hydrogens is 276 g/mol. The van der Waals surface area contributed by atoms with Gasteiger partial charge in [-0.05, 0) is 12.1 Å². The summed E-state index contributed by atoms with van der Waals surface area (Å²) in [6, 6.07) is 4.27. The number of carbonyl (C=O) groups is 3. The van der Waals surface area contributed by atoms with E-state index in [0.717, 1.165) is 4.90 Å². The summed E-state index contributed by atoms with van der Waals surface area (Å²) in [6.07, 6.45) is 0. The van der Waals surface area contributed by atoms with Crippen LogP contribution in [0.4, 0.5) is 5.69 Å². The van der Waals surface area contributed by atoms with Gasteiger partial charge in [-0.3, -0.25) is 14.4 Å². The van der Waals surface area contributed by atoms with Gasteiger partial charge in [0.15, 0.2) is 0 Å². The molecule has 1 aromatic carbocycles. The van der Waals surface area contributed by atoms with Gasteiger partial charge in [-0.1, -0.05) is 17.7 Å². The molecule has 8 heteroatoms. The lowest BCUT2D eigenvalue weighted by Gasteiger charge is -2.23. The standard InChI is InChI=1S/C11H11ClN2O5/c12-6-2-1-3-7(10(6)11(13)19)14(4-8(15)16)5-9(17)18/h1-3H,4-5H2,(H2,13,19)(H,15,16)(H,17,18). The zero-order valence-electron chi connectivity index (χ0n) is 9.67. The van der Waals surface area contributed by atoms with E-state index in [0.29, 0.717) is 0 Å². The van der Waals surface area contributed by atoms with Crippen LogP contribution in [-0.4, -0.2) is 41.1 Å². The number of primary amides is 1. The maximum absolute atomic E-state index is 11.3. The second-order valence-corrected chi connectivity index (χ2v) is 4.05. The van der Waals surface area contributed by atoms with Crippen LogP contribution in [0.25, 0.3) is 0 Å². The third kappa shape index (κ3) is 3.85. The molecule has 0 aliphatic heterocycles. The summed E-state index contributed by atoms with van der Waals surface area (Å²) >= 11 is 5.82. The van der Waals surface area contributed by atoms with Crippen molar-refractivity contribution < 1.29 is 24.6 Å². The van der Waals surface area contributed by atoms with Crippen LogP contribution in [0, 0.1) is 0 Å². The molecule has 19 heavy (non-hydrogen) atoms. The number of hydrogen-bond acceptors (Lipinski definition) is 4. The highest BCUT2D eigenvalue weighted by Crippen LogP contribution is 2.27. The highest BCUT2D eigenvalue weighted by Gasteiger charge is 2.21. The lowest BCUT2D eigenvalue weighted by Crippen LogP contribution is -2.36. The first-order valence-electron chi connectivity index (χ1n) is 5.09. The van der Waals surface area contributed by atoms with Gasteiger partial charge in [-0.15, -0.1) is 0 Å². The van der Waals surface area contributed by atoms with Crippen molar-refractivity contribution in [2.75, 3.05) is 18.0 Å². The van der Waals surface area contributed by atoms with Gasteiger partial charge >= 0.3 is 11.9 Å². The van der Waals surface area contributed by atoms with Gasteiger partial charge in [-0.2, -0.15) is 0 Å². The number of anilines is 1. The lowest BCUT2D eigenvalue weighted by atomic mass is 10.1. The van der Waals surface area contributed by atoms with Gasteiger partial charge in [0, 0.05) is 0 Å². The molecule has 0 aliphatic rings. The number of aliphatic carboxylic acids is 2. The smallest absolute Gasteiger partial charge is 0.323 e. The molecular formula is C11H11ClN2O5. The zero-order valence-corrected chi connectivity index (χ0v) is 10.4. The van der Waals surface area contributed by atoms with Gasteiger partial charge in [0.1, 0.15) is 13.1 Å². The molecule has 1 rings (SSSR count). The number of rotatable bonds is 6. The number of benzene rings is 1. The van der Waals surface area contributed by atoms with Gasteiger partial charge < -0.3 is 20.8 Å². The van der Waals surface area contributed by atoms with Crippen LogP contribution in [-0.2, 0) is 9.59 Å². The van der Waals surface area contributed by atoms with Crippen LogP contribution in [0.3, 0.4) is 0 Å². The molecule has 0 bridgehead atoms. The van der Waals surface area contributed by atoms with Crippen molar-refractivity contribution >= 4 is 35.1 Å². The summed E-state index contributed by atoms with van der Waals surface area (Å²) in [7, 11) is 0. The van der Waals surface area contributed by atoms with Crippen molar-refractivity contribution in [1.29, 1.82) is 0 Å². The number of carboxylic acid groups (broad SMARTS) is 2. The molecule has 0 radical (unpaired) electrons. The van der Waals surface area contributed by atoms with E-state index in [9.17, 15) is 14.4 Å². The van der Waals surface area contributed by atoms with Crippen molar-refractivity contribution in [3.05, 3.63) is 28.8 Å². The van der Waals surface area contributed by atoms with Crippen molar-refractivity contribution in [2.45, 2.75) is 0 Å². The minimum absolute atomic E-state index is 0.0331. The summed E-state index contributed by atoms with van der Waals surface area (Å²) < 4.78 is 0. The molecule has 0 aromatic heterocycles. The monoisotopic (exact) mass is 286 g/mol. The Balaban J connectivity index is 3.28. The fourth-order valence-electron chi connectivity index (χ4n) is 1.57. The van der Waals surface area contributed by atoms with Crippen molar-refractivity contribution in [1.82, 2.24) is 0 Å². The Labute approximate surface area is 113 Å². The zero-order chi connectivity index (χ0) is 14.6. The Kier molecular flexibility index (Phi) is 4.71. The Bertz CT molecular complexity index is 516. The molecule has 1 aromatic rings. The summed E-state index contributed by atoms with van der Waals surface area (Å²) in [4.78, 5) is 33.8. The maximum atomic E-state index is 11.3. The highest BCUT2D eigenvalue weighted by molar-refractivity contribution is 6.34. The molecule has 0 saturated heterocycles. The Morgan fingerprint density at radius 2 is 1.68 bits per heavy atom. The normalized spacial score (nSPS) is 9.95. The third-order valence-corrected chi connectivity index (χ3v) is 2.55. The fraction of sp³-hybridized carbons (Fsp3) is 0.182. The molecule has 0 aliphatic carbocycles. The first kappa shape index (κ1) is 14.8. The number of carboxylic acids is 2. The summed E-state index contributed by atoms with van der Waals surface area (Å²) in [5, 5.41) is 17.6. The summed E-state index contributed by atoms with van der Waals surface area (Å²) in [5.74, 6) is -3.34. The summed E-state index contributed by atoms with van der Waals surface area (Å²) in [5.41, 5.74) is 5.14. The second-order valence-electron chi connectivity index (χ2n) is 3.64. The number of hydrogen-bond donors (Lipinski definition) is 3. The van der Waals surface area contributed by atoms with E-state index in [4.69, 9.17) is 27.5 Å². The first-order chi connectivity index (χ1) is 8.82. The average Bonchev–Trinajstić information content (AvgIpc) is 2.25. The quantitative estimate of drug-likeness (QED) is 0.696. The Morgan fingerprint density at radius 1 is 1.16 bits per heavy atom. The van der Waals surface area contributed by atoms with Gasteiger partial charge in [0.2, 0.25) is 0 Å². The van der Waals surface area contributed by atoms with Crippen LogP contribution in [0.2, 0.25) is 5.02 Å². The van der Waals surface area contributed by atoms with E-state index in [2.05, 4.69) is 0 Å². The van der Waals surface area contributed by atoms with Gasteiger partial charge in [0.25, 0.3) is 5.91 Å². The molecule has 1 amide bonds. The largest absolute Gasteiger partial charge is 0.480 e. The van der Waals surface area contributed by atoms with E-state index in [1.807, 2.05) is 0 Å². The van der Waals surface area contributed by atoms with E-state index < -0.39 is 30.9 Å². The van der Waals surface area contributed by atoms with Crippen LogP contribution >= 0.6 is 11.6 Å². The predicted octanol–water partition coefficient (Wildman–Crippen LogP) is 0.414. The first-order valence-corrected chi connectivity index (χ1v) is 5.47. The number of amides is 1. The molecule has 0 unspecified atom stereocenters. The molecule has 7 nitrogen and oxygen atoms in total. The van der Waals surface area contributed by atoms with E-state index in [-0.39, 0.29) is 16.3 Å². The van der Waals surface area contributed by atoms with Gasteiger partial charge in [0.05, 0.1) is 16.3 Å². The third-order valence-electron chi connectivity index (χ3n) is 2.23. The molecule has 102 valence electrons. The van der Waals surface area contributed by atoms with E-state index in [1.54, 1.807) is 0 Å². The molecule has 4 N–H and O–H groups in total.